The van der Waals surface area contributed by atoms with E-state index < -0.39 is 5.97 Å². The third-order valence-corrected chi connectivity index (χ3v) is 2.83. The second-order valence-corrected chi connectivity index (χ2v) is 4.10. The quantitative estimate of drug-likeness (QED) is 0.882. The van der Waals surface area contributed by atoms with E-state index in [2.05, 4.69) is 0 Å². The molecule has 0 bridgehead atoms. The lowest BCUT2D eigenvalue weighted by atomic mass is 10.3. The van der Waals surface area contributed by atoms with Gasteiger partial charge in [-0.1, -0.05) is 11.3 Å². The molecule has 1 N–H and O–H groups in total. The summed E-state index contributed by atoms with van der Waals surface area (Å²) in [6, 6.07) is 3.48. The minimum Gasteiger partial charge on any atom is -0.480 e. The van der Waals surface area contributed by atoms with Crippen LogP contribution < -0.4 is 4.87 Å². The van der Waals surface area contributed by atoms with Crippen molar-refractivity contribution in [3.8, 4) is 11.5 Å². The highest BCUT2D eigenvalue weighted by molar-refractivity contribution is 7.07. The molecule has 0 saturated carbocycles. The topological polar surface area (TPSA) is 72.4 Å². The zero-order chi connectivity index (χ0) is 11.7. The summed E-state index contributed by atoms with van der Waals surface area (Å²) in [5.41, 5.74) is 0.505. The number of carboxylic acid groups (broad SMARTS) is 1. The normalized spacial score (nSPS) is 10.6. The first-order chi connectivity index (χ1) is 7.58. The Morgan fingerprint density at radius 2 is 2.31 bits per heavy atom. The van der Waals surface area contributed by atoms with Crippen LogP contribution in [0.15, 0.2) is 26.7 Å². The molecule has 0 saturated heterocycles. The number of aliphatic carboxylic acids is 1. The molecule has 2 rings (SSSR count). The van der Waals surface area contributed by atoms with Gasteiger partial charge in [-0.3, -0.25) is 14.2 Å². The van der Waals surface area contributed by atoms with Gasteiger partial charge in [0.25, 0.3) is 0 Å². The lowest BCUT2D eigenvalue weighted by Gasteiger charge is -2.01. The highest BCUT2D eigenvalue weighted by Gasteiger charge is 2.14. The standard InChI is InChI=1S/C10H9NO4S/c1-6-2-3-8(15-6)7-5-16-10(14)11(7)4-9(12)13/h2-3,5H,4H2,1H3,(H,12,13). The van der Waals surface area contributed by atoms with Crippen LogP contribution in [0.2, 0.25) is 0 Å². The van der Waals surface area contributed by atoms with E-state index in [4.69, 9.17) is 9.52 Å². The number of rotatable bonds is 3. The summed E-state index contributed by atoms with van der Waals surface area (Å²) in [5.74, 6) is 0.178. The molecule has 5 nitrogen and oxygen atoms in total. The van der Waals surface area contributed by atoms with Crippen molar-refractivity contribution in [3.05, 3.63) is 32.9 Å². The number of furan rings is 1. The first-order valence-corrected chi connectivity index (χ1v) is 5.43. The maximum Gasteiger partial charge on any atom is 0.323 e. The average Bonchev–Trinajstić information content (AvgIpc) is 2.75. The lowest BCUT2D eigenvalue weighted by molar-refractivity contribution is -0.137. The van der Waals surface area contributed by atoms with Crippen molar-refractivity contribution in [1.82, 2.24) is 4.57 Å². The van der Waals surface area contributed by atoms with Crippen LogP contribution in [0.5, 0.6) is 0 Å². The lowest BCUT2D eigenvalue weighted by Crippen LogP contribution is -2.19. The third-order valence-electron chi connectivity index (χ3n) is 2.07. The molecule has 6 heteroatoms. The number of carboxylic acids is 1. The number of hydrogen-bond donors (Lipinski definition) is 1. The van der Waals surface area contributed by atoms with Gasteiger partial charge in [0.1, 0.15) is 12.3 Å². The molecule has 0 aromatic carbocycles. The predicted molar refractivity (Wildman–Crippen MR) is 58.7 cm³/mol. The number of aryl methyl sites for hydroxylation is 1. The van der Waals surface area contributed by atoms with Gasteiger partial charge in [0, 0.05) is 5.38 Å². The van der Waals surface area contributed by atoms with Crippen molar-refractivity contribution in [3.63, 3.8) is 0 Å². The van der Waals surface area contributed by atoms with Gasteiger partial charge >= 0.3 is 10.8 Å². The number of aromatic nitrogens is 1. The van der Waals surface area contributed by atoms with E-state index in [1.807, 2.05) is 0 Å². The summed E-state index contributed by atoms with van der Waals surface area (Å²) >= 11 is 0.961. The summed E-state index contributed by atoms with van der Waals surface area (Å²) in [6.07, 6.45) is 0. The van der Waals surface area contributed by atoms with Gasteiger partial charge < -0.3 is 9.52 Å². The van der Waals surface area contributed by atoms with Crippen molar-refractivity contribution < 1.29 is 14.3 Å². The zero-order valence-electron chi connectivity index (χ0n) is 8.47. The van der Waals surface area contributed by atoms with Crippen molar-refractivity contribution in [2.75, 3.05) is 0 Å². The monoisotopic (exact) mass is 239 g/mol. The maximum absolute atomic E-state index is 11.4. The maximum atomic E-state index is 11.4. The smallest absolute Gasteiger partial charge is 0.323 e. The number of nitrogens with zero attached hydrogens (tertiary/aromatic N) is 1. The van der Waals surface area contributed by atoms with E-state index in [0.29, 0.717) is 11.5 Å². The first kappa shape index (κ1) is 10.7. The van der Waals surface area contributed by atoms with E-state index in [-0.39, 0.29) is 11.4 Å². The largest absolute Gasteiger partial charge is 0.480 e. The van der Waals surface area contributed by atoms with Crippen LogP contribution in [0.3, 0.4) is 0 Å². The molecule has 0 aliphatic heterocycles. The molecule has 0 radical (unpaired) electrons. The molecule has 0 unspecified atom stereocenters. The van der Waals surface area contributed by atoms with Gasteiger partial charge in [0.2, 0.25) is 0 Å². The molecular weight excluding hydrogens is 230 g/mol. The number of carbonyl (C=O) groups is 1. The van der Waals surface area contributed by atoms with Crippen LogP contribution in [0.4, 0.5) is 0 Å². The van der Waals surface area contributed by atoms with Gasteiger partial charge in [-0.15, -0.1) is 0 Å². The Balaban J connectivity index is 2.49. The fourth-order valence-electron chi connectivity index (χ4n) is 1.38. The van der Waals surface area contributed by atoms with E-state index in [1.54, 1.807) is 24.4 Å². The Bertz CT molecular complexity index is 578. The van der Waals surface area contributed by atoms with Crippen LogP contribution >= 0.6 is 11.3 Å². The van der Waals surface area contributed by atoms with Crippen LogP contribution in [-0.2, 0) is 11.3 Å². The highest BCUT2D eigenvalue weighted by atomic mass is 32.1. The number of hydrogen-bond acceptors (Lipinski definition) is 4. The second kappa shape index (κ2) is 3.97. The van der Waals surface area contributed by atoms with Crippen molar-refractivity contribution >= 4 is 17.3 Å². The van der Waals surface area contributed by atoms with Crippen LogP contribution in [-0.4, -0.2) is 15.6 Å². The first-order valence-electron chi connectivity index (χ1n) is 4.55. The molecule has 0 fully saturated rings. The molecule has 0 aliphatic carbocycles. The van der Waals surface area contributed by atoms with E-state index in [0.717, 1.165) is 17.1 Å². The summed E-state index contributed by atoms with van der Waals surface area (Å²) < 4.78 is 6.54. The van der Waals surface area contributed by atoms with E-state index in [1.165, 1.54) is 4.57 Å². The van der Waals surface area contributed by atoms with Gasteiger partial charge in [-0.05, 0) is 19.1 Å². The Hall–Kier alpha value is -1.82. The van der Waals surface area contributed by atoms with Crippen molar-refractivity contribution in [1.29, 1.82) is 0 Å². The molecule has 0 aliphatic rings. The summed E-state index contributed by atoms with van der Waals surface area (Å²) in [7, 11) is 0. The fourth-order valence-corrected chi connectivity index (χ4v) is 2.13. The minimum atomic E-state index is -1.05. The molecule has 0 atom stereocenters. The Morgan fingerprint density at radius 3 is 2.88 bits per heavy atom. The molecule has 2 heterocycles. The van der Waals surface area contributed by atoms with Gasteiger partial charge in [0.05, 0.1) is 5.69 Å². The Morgan fingerprint density at radius 1 is 1.56 bits per heavy atom. The number of thiazole rings is 1. The summed E-state index contributed by atoms with van der Waals surface area (Å²) in [5, 5.41) is 10.3. The molecule has 16 heavy (non-hydrogen) atoms. The summed E-state index contributed by atoms with van der Waals surface area (Å²) in [4.78, 5) is 21.8. The molecule has 84 valence electrons. The summed E-state index contributed by atoms with van der Waals surface area (Å²) in [6.45, 7) is 1.44. The SMILES string of the molecule is Cc1ccc(-c2csc(=O)n2CC(=O)O)o1. The molecule has 0 amide bonds. The fraction of sp³-hybridized carbons (Fsp3) is 0.200. The van der Waals surface area contributed by atoms with E-state index in [9.17, 15) is 9.59 Å². The van der Waals surface area contributed by atoms with E-state index >= 15 is 0 Å². The third kappa shape index (κ3) is 1.92. The van der Waals surface area contributed by atoms with Gasteiger partial charge in [-0.25, -0.2) is 0 Å². The van der Waals surface area contributed by atoms with Crippen LogP contribution in [0.1, 0.15) is 5.76 Å². The predicted octanol–water partition coefficient (Wildman–Crippen LogP) is 1.56. The molecule has 2 aromatic rings. The highest BCUT2D eigenvalue weighted by Crippen LogP contribution is 2.22. The minimum absolute atomic E-state index is 0.300. The Kier molecular flexibility index (Phi) is 2.66. The average molecular weight is 239 g/mol. The van der Waals surface area contributed by atoms with Gasteiger partial charge in [0.15, 0.2) is 5.76 Å². The molecule has 2 aromatic heterocycles. The van der Waals surface area contributed by atoms with Crippen LogP contribution in [0.25, 0.3) is 11.5 Å². The molecular formula is C10H9NO4S. The molecule has 0 spiro atoms. The zero-order valence-corrected chi connectivity index (χ0v) is 9.28. The van der Waals surface area contributed by atoms with Gasteiger partial charge in [-0.2, -0.15) is 0 Å². The van der Waals surface area contributed by atoms with Crippen LogP contribution in [0, 0.1) is 6.92 Å². The Labute approximate surface area is 94.6 Å². The second-order valence-electron chi connectivity index (χ2n) is 3.28. The van der Waals surface area contributed by atoms with Crippen molar-refractivity contribution in [2.45, 2.75) is 13.5 Å². The van der Waals surface area contributed by atoms with Crippen molar-refractivity contribution in [2.24, 2.45) is 0 Å².